The van der Waals surface area contributed by atoms with Crippen LogP contribution in [0.5, 0.6) is 0 Å². The summed E-state index contributed by atoms with van der Waals surface area (Å²) in [6.07, 6.45) is 5.37. The maximum Gasteiger partial charge on any atom is 0.737 e. The van der Waals surface area contributed by atoms with E-state index in [4.69, 9.17) is 0 Å². The highest BCUT2D eigenvalue weighted by atomic mass is 19.2. The lowest BCUT2D eigenvalue weighted by Gasteiger charge is -2.30. The predicted molar refractivity (Wildman–Crippen MR) is 76.3 cm³/mol. The van der Waals surface area contributed by atoms with E-state index in [0.717, 1.165) is 14.5 Å². The summed E-state index contributed by atoms with van der Waals surface area (Å²) < 4.78 is 36.6. The van der Waals surface area contributed by atoms with E-state index in [2.05, 4.69) is 4.74 Å². The van der Waals surface area contributed by atoms with E-state index in [1.54, 1.807) is 31.2 Å². The van der Waals surface area contributed by atoms with Crippen molar-refractivity contribution >= 4 is 25.2 Å². The van der Waals surface area contributed by atoms with Crippen molar-refractivity contribution < 1.29 is 22.6 Å². The second-order valence-corrected chi connectivity index (χ2v) is 5.29. The molecule has 0 aliphatic carbocycles. The number of hydrogen-bond donors (Lipinski definition) is 0. The quantitative estimate of drug-likeness (QED) is 0.484. The summed E-state index contributed by atoms with van der Waals surface area (Å²) in [7, 11) is 0. The van der Waals surface area contributed by atoms with Crippen LogP contribution in [0.3, 0.4) is 0 Å². The van der Waals surface area contributed by atoms with Gasteiger partial charge in [0, 0.05) is 23.9 Å². The first-order chi connectivity index (χ1) is 9.96. The van der Waals surface area contributed by atoms with Gasteiger partial charge in [-0.05, 0) is 31.2 Å². The molecule has 1 aromatic heterocycles. The van der Waals surface area contributed by atoms with Crippen molar-refractivity contribution in [1.82, 2.24) is 4.48 Å². The lowest BCUT2D eigenvalue weighted by atomic mass is 9.90. The Morgan fingerprint density at radius 3 is 2.86 bits per heavy atom. The Morgan fingerprint density at radius 2 is 2.14 bits per heavy atom. The molecule has 0 saturated heterocycles. The Labute approximate surface area is 121 Å². The molecule has 2 aliphatic heterocycles. The summed E-state index contributed by atoms with van der Waals surface area (Å²) in [5.74, 6) is 0. The molecule has 7 heteroatoms. The Balaban J connectivity index is 2.10. The number of halogens is 2. The normalized spacial score (nSPS) is 18.4. The van der Waals surface area contributed by atoms with Crippen molar-refractivity contribution in [2.24, 2.45) is 0 Å². The van der Waals surface area contributed by atoms with Crippen LogP contribution in [0.2, 0.25) is 0 Å². The van der Waals surface area contributed by atoms with Crippen LogP contribution in [0.4, 0.5) is 8.63 Å². The van der Waals surface area contributed by atoms with Crippen molar-refractivity contribution in [3.8, 4) is 0 Å². The second kappa shape index (κ2) is 4.68. The van der Waals surface area contributed by atoms with E-state index in [9.17, 15) is 13.4 Å². The van der Waals surface area contributed by atoms with Gasteiger partial charge in [-0.3, -0.25) is 4.79 Å². The van der Waals surface area contributed by atoms with Gasteiger partial charge in [-0.15, -0.1) is 0 Å². The third-order valence-corrected chi connectivity index (χ3v) is 3.95. The molecule has 0 saturated carbocycles. The van der Waals surface area contributed by atoms with E-state index in [0.29, 0.717) is 29.3 Å². The zero-order valence-electron chi connectivity index (χ0n) is 11.8. The van der Waals surface area contributed by atoms with Crippen molar-refractivity contribution in [3.63, 3.8) is 0 Å². The molecule has 0 aromatic carbocycles. The Hall–Kier alpha value is -2.18. The average molecular weight is 292 g/mol. The maximum absolute atomic E-state index is 14.9. The number of allylic oxidation sites excluding steroid dienone is 2. The van der Waals surface area contributed by atoms with Crippen LogP contribution in [0.15, 0.2) is 23.9 Å². The molecule has 3 heterocycles. The molecule has 0 unspecified atom stereocenters. The Kier molecular flexibility index (Phi) is 3.08. The first kappa shape index (κ1) is 13.8. The molecule has 0 N–H and O–H groups in total. The molecule has 1 aromatic rings. The van der Waals surface area contributed by atoms with Crippen LogP contribution in [-0.4, -0.2) is 34.7 Å². The minimum absolute atomic E-state index is 0.0929. The summed E-state index contributed by atoms with van der Waals surface area (Å²) >= 11 is 0. The lowest BCUT2D eigenvalue weighted by Crippen LogP contribution is -2.50. The molecule has 0 atom stereocenters. The van der Waals surface area contributed by atoms with Gasteiger partial charge in [-0.25, -0.2) is 0 Å². The molecule has 4 nitrogen and oxygen atoms in total. The number of hydrogen-bond acceptors (Lipinski definition) is 2. The van der Waals surface area contributed by atoms with Crippen LogP contribution in [-0.2, 0) is 9.53 Å². The Bertz CT molecular complexity index is 717. The van der Waals surface area contributed by atoms with E-state index < -0.39 is 6.97 Å². The van der Waals surface area contributed by atoms with Gasteiger partial charge in [0.25, 0.3) is 6.47 Å². The van der Waals surface area contributed by atoms with E-state index >= 15 is 0 Å². The van der Waals surface area contributed by atoms with E-state index in [-0.39, 0.29) is 13.0 Å². The number of rotatable bonds is 4. The number of nitrogens with zero attached hydrogens (tertiary/aromatic N) is 2. The van der Waals surface area contributed by atoms with Gasteiger partial charge in [0.2, 0.25) is 0 Å². The standard InChI is InChI=1S/C14H15BF2N2O2/c1-10-7-11(2)18-14(10)8-13-4-3-12(5-6-21-9-20)19(13)15(18,16)17/h3-4,7-9H,5-6H2,1-2H3. The first-order valence-electron chi connectivity index (χ1n) is 6.78. The number of carbonyl (C=O) groups excluding carboxylic acids is 1. The third kappa shape index (κ3) is 1.95. The van der Waals surface area contributed by atoms with Gasteiger partial charge >= 0.3 is 6.97 Å². The highest BCUT2D eigenvalue weighted by molar-refractivity contribution is 6.58. The lowest BCUT2D eigenvalue weighted by molar-refractivity contribution is -0.362. The molecule has 0 radical (unpaired) electrons. The highest BCUT2D eigenvalue weighted by Crippen LogP contribution is 2.34. The molecule has 0 amide bonds. The minimum atomic E-state index is -3.93. The van der Waals surface area contributed by atoms with Gasteiger partial charge < -0.3 is 22.3 Å². The SMILES string of the molecule is Cc1cc(C)n2c1C=C1C=CC(CCOC=O)=[N+]1[B-]2(F)F. The largest absolute Gasteiger partial charge is 0.737 e. The molecule has 0 fully saturated rings. The van der Waals surface area contributed by atoms with Crippen molar-refractivity contribution in [3.05, 3.63) is 40.9 Å². The Morgan fingerprint density at radius 1 is 1.38 bits per heavy atom. The molecular weight excluding hydrogens is 277 g/mol. The third-order valence-electron chi connectivity index (χ3n) is 3.95. The summed E-state index contributed by atoms with van der Waals surface area (Å²) in [6.45, 7) is 0.0105. The number of aryl methyl sites for hydroxylation is 2. The highest BCUT2D eigenvalue weighted by Gasteiger charge is 2.52. The van der Waals surface area contributed by atoms with Gasteiger partial charge in [0.15, 0.2) is 5.70 Å². The fourth-order valence-corrected chi connectivity index (χ4v) is 3.11. The fourth-order valence-electron chi connectivity index (χ4n) is 3.11. The van der Waals surface area contributed by atoms with Crippen LogP contribution in [0.1, 0.15) is 23.4 Å². The monoisotopic (exact) mass is 292 g/mol. The summed E-state index contributed by atoms with van der Waals surface area (Å²) in [5, 5.41) is 0. The van der Waals surface area contributed by atoms with Gasteiger partial charge in [-0.1, -0.05) is 0 Å². The zero-order valence-corrected chi connectivity index (χ0v) is 11.8. The zero-order chi connectivity index (χ0) is 15.2. The van der Waals surface area contributed by atoms with Gasteiger partial charge in [0.1, 0.15) is 12.3 Å². The van der Waals surface area contributed by atoms with Crippen LogP contribution < -0.4 is 0 Å². The first-order valence-corrected chi connectivity index (χ1v) is 6.78. The van der Waals surface area contributed by atoms with Crippen LogP contribution in [0.25, 0.3) is 6.08 Å². The summed E-state index contributed by atoms with van der Waals surface area (Å²) in [5.41, 5.74) is 2.88. The number of fused-ring (bicyclic) bond motifs is 2. The minimum Gasteiger partial charge on any atom is -0.467 e. The van der Waals surface area contributed by atoms with Crippen LogP contribution in [0, 0.1) is 13.8 Å². The van der Waals surface area contributed by atoms with Crippen LogP contribution >= 0.6 is 0 Å². The van der Waals surface area contributed by atoms with Gasteiger partial charge in [-0.2, -0.15) is 0 Å². The van der Waals surface area contributed by atoms with Crippen molar-refractivity contribution in [2.75, 3.05) is 6.61 Å². The molecule has 0 spiro atoms. The van der Waals surface area contributed by atoms with E-state index in [1.165, 1.54) is 0 Å². The predicted octanol–water partition coefficient (Wildman–Crippen LogP) is 2.27. The van der Waals surface area contributed by atoms with Gasteiger partial charge in [0.05, 0.1) is 6.42 Å². The fraction of sp³-hybridized carbons (Fsp3) is 0.286. The average Bonchev–Trinajstić information content (AvgIpc) is 2.93. The number of aromatic nitrogens is 1. The molecule has 0 bridgehead atoms. The van der Waals surface area contributed by atoms with Crippen molar-refractivity contribution in [2.45, 2.75) is 20.3 Å². The molecule has 21 heavy (non-hydrogen) atoms. The molecule has 3 rings (SSSR count). The maximum atomic E-state index is 14.9. The summed E-state index contributed by atoms with van der Waals surface area (Å²) in [6, 6.07) is 1.77. The summed E-state index contributed by atoms with van der Waals surface area (Å²) in [4.78, 5) is 10.2. The van der Waals surface area contributed by atoms with E-state index in [1.807, 2.05) is 6.92 Å². The molecule has 110 valence electrons. The topological polar surface area (TPSA) is 34.2 Å². The molecular formula is C14H15BF2N2O2. The number of ether oxygens (including phenoxy) is 1. The number of carbonyl (C=O) groups is 1. The molecule has 2 aliphatic rings. The second-order valence-electron chi connectivity index (χ2n) is 5.29. The van der Waals surface area contributed by atoms with Crippen molar-refractivity contribution in [1.29, 1.82) is 0 Å². The smallest absolute Gasteiger partial charge is 0.467 e.